The highest BCUT2D eigenvalue weighted by Crippen LogP contribution is 2.31. The highest BCUT2D eigenvalue weighted by molar-refractivity contribution is 5.94. The third kappa shape index (κ3) is 11.3. The number of rotatable bonds is 18. The molecule has 0 aliphatic carbocycles. The first-order valence-corrected chi connectivity index (χ1v) is 16.3. The van der Waals surface area contributed by atoms with E-state index in [1.54, 1.807) is 72.9 Å². The monoisotopic (exact) mass is 637 g/mol. The molecule has 0 bridgehead atoms. The lowest BCUT2D eigenvalue weighted by Gasteiger charge is -2.12. The van der Waals surface area contributed by atoms with Crippen LogP contribution in [0.1, 0.15) is 85.6 Å². The summed E-state index contributed by atoms with van der Waals surface area (Å²) < 4.78 is 28.6. The molecule has 0 amide bonds. The van der Waals surface area contributed by atoms with Gasteiger partial charge in [-0.3, -0.25) is 4.99 Å². The molecule has 0 radical (unpaired) electrons. The summed E-state index contributed by atoms with van der Waals surface area (Å²) >= 11 is 0. The minimum Gasteiger partial charge on any atom is -0.494 e. The fraction of sp³-hybridized carbons (Fsp3) is 0.308. The lowest BCUT2D eigenvalue weighted by molar-refractivity contribution is 0.0682. The predicted molar refractivity (Wildman–Crippen MR) is 184 cm³/mol. The molecule has 8 nitrogen and oxygen atoms in total. The second-order valence-corrected chi connectivity index (χ2v) is 10.9. The summed E-state index contributed by atoms with van der Waals surface area (Å²) in [6, 6.07) is 25.9. The predicted octanol–water partition coefficient (Wildman–Crippen LogP) is 9.41. The topological polar surface area (TPSA) is 92.7 Å². The Morgan fingerprint density at radius 3 is 1.43 bits per heavy atom. The quantitative estimate of drug-likeness (QED) is 0.0464. The molecule has 47 heavy (non-hydrogen) atoms. The molecular formula is C39H43NO7. The van der Waals surface area contributed by atoms with E-state index in [1.165, 1.54) is 0 Å². The van der Waals surface area contributed by atoms with Gasteiger partial charge in [-0.05, 0) is 116 Å². The Hall–Kier alpha value is -5.11. The number of unbranched alkanes of at least 4 members (excludes halogenated alkanes) is 3. The smallest absolute Gasteiger partial charge is 0.343 e. The number of aliphatic imine (C=N–C) groups is 1. The van der Waals surface area contributed by atoms with Crippen molar-refractivity contribution in [1.82, 2.24) is 0 Å². The lowest BCUT2D eigenvalue weighted by atomic mass is 10.2. The number of benzene rings is 4. The summed E-state index contributed by atoms with van der Waals surface area (Å²) in [5.41, 5.74) is 2.02. The van der Waals surface area contributed by atoms with Crippen LogP contribution in [0.3, 0.4) is 0 Å². The van der Waals surface area contributed by atoms with Crippen molar-refractivity contribution in [2.24, 2.45) is 4.99 Å². The number of ether oxygens (including phenoxy) is 5. The molecule has 0 aromatic heterocycles. The van der Waals surface area contributed by atoms with Gasteiger partial charge in [-0.1, -0.05) is 40.0 Å². The lowest BCUT2D eigenvalue weighted by Crippen LogP contribution is -2.13. The third-order valence-corrected chi connectivity index (χ3v) is 7.05. The van der Waals surface area contributed by atoms with E-state index in [9.17, 15) is 9.59 Å². The molecule has 0 spiro atoms. The Morgan fingerprint density at radius 1 is 0.553 bits per heavy atom. The Bertz CT molecular complexity index is 1580. The molecule has 0 saturated heterocycles. The van der Waals surface area contributed by atoms with Gasteiger partial charge in [0, 0.05) is 6.21 Å². The SMILES string of the molecule is CCCCOc1ccc(N=Cc2ccc(OC(=O)c3ccc(OCCCC)cc3)c(OC(=O)c3ccc(OCCCC)cc3)c2)cc1. The number of carbonyl (C=O) groups is 2. The maximum Gasteiger partial charge on any atom is 0.343 e. The van der Waals surface area contributed by atoms with Crippen molar-refractivity contribution in [1.29, 1.82) is 0 Å². The first-order valence-electron chi connectivity index (χ1n) is 16.3. The molecule has 246 valence electrons. The van der Waals surface area contributed by atoms with E-state index in [0.29, 0.717) is 48.0 Å². The molecular weight excluding hydrogens is 594 g/mol. The summed E-state index contributed by atoms with van der Waals surface area (Å²) in [4.78, 5) is 30.8. The van der Waals surface area contributed by atoms with Gasteiger partial charge >= 0.3 is 11.9 Å². The third-order valence-electron chi connectivity index (χ3n) is 7.05. The summed E-state index contributed by atoms with van der Waals surface area (Å²) in [6.07, 6.45) is 7.67. The molecule has 4 aromatic carbocycles. The van der Waals surface area contributed by atoms with Crippen molar-refractivity contribution < 1.29 is 33.3 Å². The molecule has 0 unspecified atom stereocenters. The molecule has 0 N–H and O–H groups in total. The Balaban J connectivity index is 1.51. The molecule has 0 fully saturated rings. The number of esters is 2. The van der Waals surface area contributed by atoms with Crippen LogP contribution in [0.2, 0.25) is 0 Å². The summed E-state index contributed by atoms with van der Waals surface area (Å²) in [6.45, 7) is 8.20. The normalized spacial score (nSPS) is 10.9. The molecule has 0 saturated carbocycles. The van der Waals surface area contributed by atoms with Crippen molar-refractivity contribution in [3.63, 3.8) is 0 Å². The standard InChI is InChI=1S/C39H43NO7/c1-4-7-24-43-33-17-11-30(12-18-33)38(41)46-36-23-10-29(28-40-32-15-21-35(22-16-32)45-26-9-6-3)27-37(36)47-39(42)31-13-19-34(20-14-31)44-25-8-5-2/h10-23,27-28H,4-9,24-26H2,1-3H3. The van der Waals surface area contributed by atoms with Crippen LogP contribution in [0.25, 0.3) is 0 Å². The van der Waals surface area contributed by atoms with Gasteiger partial charge < -0.3 is 23.7 Å². The fourth-order valence-electron chi connectivity index (χ4n) is 4.24. The van der Waals surface area contributed by atoms with Gasteiger partial charge in [-0.15, -0.1) is 0 Å². The van der Waals surface area contributed by atoms with Gasteiger partial charge in [0.15, 0.2) is 11.5 Å². The van der Waals surface area contributed by atoms with Crippen LogP contribution in [0.4, 0.5) is 5.69 Å². The summed E-state index contributed by atoms with van der Waals surface area (Å²) in [7, 11) is 0. The van der Waals surface area contributed by atoms with Crippen LogP contribution in [0, 0.1) is 0 Å². The maximum absolute atomic E-state index is 13.2. The summed E-state index contributed by atoms with van der Waals surface area (Å²) in [5.74, 6) is 1.10. The number of carbonyl (C=O) groups excluding carboxylic acids is 2. The van der Waals surface area contributed by atoms with Crippen molar-refractivity contribution >= 4 is 23.8 Å². The van der Waals surface area contributed by atoms with E-state index in [-0.39, 0.29) is 11.5 Å². The number of hydrogen-bond donors (Lipinski definition) is 0. The number of hydrogen-bond acceptors (Lipinski definition) is 8. The van der Waals surface area contributed by atoms with Gasteiger partial charge in [-0.2, -0.15) is 0 Å². The van der Waals surface area contributed by atoms with Gasteiger partial charge in [0.1, 0.15) is 17.2 Å². The highest BCUT2D eigenvalue weighted by Gasteiger charge is 2.17. The van der Waals surface area contributed by atoms with Crippen LogP contribution in [-0.4, -0.2) is 38.0 Å². The molecule has 0 atom stereocenters. The van der Waals surface area contributed by atoms with E-state index in [2.05, 4.69) is 25.8 Å². The van der Waals surface area contributed by atoms with Crippen LogP contribution >= 0.6 is 0 Å². The van der Waals surface area contributed by atoms with Gasteiger partial charge in [0.2, 0.25) is 0 Å². The Morgan fingerprint density at radius 2 is 0.979 bits per heavy atom. The van der Waals surface area contributed by atoms with Crippen molar-refractivity contribution in [3.8, 4) is 28.7 Å². The van der Waals surface area contributed by atoms with Gasteiger partial charge in [0.05, 0.1) is 36.6 Å². The first-order chi connectivity index (χ1) is 23.0. The van der Waals surface area contributed by atoms with E-state index in [0.717, 1.165) is 50.0 Å². The number of nitrogens with zero attached hydrogens (tertiary/aromatic N) is 1. The maximum atomic E-state index is 13.2. The molecule has 4 rings (SSSR count). The average molecular weight is 638 g/mol. The molecule has 4 aromatic rings. The Kier molecular flexibility index (Phi) is 13.9. The molecule has 0 aliphatic rings. The minimum absolute atomic E-state index is 0.0785. The van der Waals surface area contributed by atoms with Gasteiger partial charge in [-0.25, -0.2) is 9.59 Å². The zero-order valence-corrected chi connectivity index (χ0v) is 27.4. The molecule has 0 heterocycles. The van der Waals surface area contributed by atoms with Crippen molar-refractivity contribution in [2.45, 2.75) is 59.3 Å². The zero-order chi connectivity index (χ0) is 33.3. The van der Waals surface area contributed by atoms with E-state index in [1.807, 2.05) is 24.3 Å². The average Bonchev–Trinajstić information content (AvgIpc) is 3.10. The van der Waals surface area contributed by atoms with E-state index < -0.39 is 11.9 Å². The van der Waals surface area contributed by atoms with Crippen LogP contribution in [0.5, 0.6) is 28.7 Å². The molecule has 8 heteroatoms. The van der Waals surface area contributed by atoms with Crippen LogP contribution < -0.4 is 23.7 Å². The van der Waals surface area contributed by atoms with Gasteiger partial charge in [0.25, 0.3) is 0 Å². The summed E-state index contributed by atoms with van der Waals surface area (Å²) in [5, 5.41) is 0. The Labute approximate surface area is 277 Å². The van der Waals surface area contributed by atoms with Crippen molar-refractivity contribution in [3.05, 3.63) is 108 Å². The molecule has 0 aliphatic heterocycles. The first kappa shape index (κ1) is 34.8. The second kappa shape index (κ2) is 18.8. The fourth-order valence-corrected chi connectivity index (χ4v) is 4.24. The highest BCUT2D eigenvalue weighted by atomic mass is 16.6. The van der Waals surface area contributed by atoms with Crippen LogP contribution in [0.15, 0.2) is 96.0 Å². The zero-order valence-electron chi connectivity index (χ0n) is 27.4. The van der Waals surface area contributed by atoms with E-state index >= 15 is 0 Å². The van der Waals surface area contributed by atoms with Crippen molar-refractivity contribution in [2.75, 3.05) is 19.8 Å². The van der Waals surface area contributed by atoms with Crippen LogP contribution in [-0.2, 0) is 0 Å². The largest absolute Gasteiger partial charge is 0.494 e. The second-order valence-electron chi connectivity index (χ2n) is 10.9. The minimum atomic E-state index is -0.608. The van der Waals surface area contributed by atoms with E-state index in [4.69, 9.17) is 23.7 Å².